The zero-order chi connectivity index (χ0) is 19.6. The summed E-state index contributed by atoms with van der Waals surface area (Å²) in [7, 11) is 0. The highest BCUT2D eigenvalue weighted by Gasteiger charge is 2.57. The molecular formula is C18H29F3O4. The number of carbonyl (C=O) groups is 1. The minimum Gasteiger partial charge on any atom is -0.459 e. The molecule has 0 aliphatic heterocycles. The van der Waals surface area contributed by atoms with Crippen molar-refractivity contribution in [1.29, 1.82) is 0 Å². The van der Waals surface area contributed by atoms with E-state index in [9.17, 15) is 23.1 Å². The number of rotatable bonds is 8. The maximum absolute atomic E-state index is 13.0. The van der Waals surface area contributed by atoms with E-state index < -0.39 is 29.5 Å². The van der Waals surface area contributed by atoms with Gasteiger partial charge in [-0.3, -0.25) is 0 Å². The summed E-state index contributed by atoms with van der Waals surface area (Å²) < 4.78 is 50.2. The Hall–Kier alpha value is -1.08. The fourth-order valence-corrected chi connectivity index (χ4v) is 3.13. The van der Waals surface area contributed by atoms with Gasteiger partial charge in [0.2, 0.25) is 0 Å². The van der Waals surface area contributed by atoms with Crippen LogP contribution < -0.4 is 0 Å². The predicted octanol–water partition coefficient (Wildman–Crippen LogP) is 4.16. The van der Waals surface area contributed by atoms with Crippen molar-refractivity contribution in [2.75, 3.05) is 0 Å². The molecule has 0 amide bonds. The van der Waals surface area contributed by atoms with Gasteiger partial charge in [0, 0.05) is 5.57 Å². The molecule has 4 nitrogen and oxygen atoms in total. The van der Waals surface area contributed by atoms with Gasteiger partial charge in [0.25, 0.3) is 0 Å². The van der Waals surface area contributed by atoms with Gasteiger partial charge >= 0.3 is 12.1 Å². The lowest BCUT2D eigenvalue weighted by Gasteiger charge is -2.50. The number of aliphatic hydroxyl groups is 1. The van der Waals surface area contributed by atoms with Crippen LogP contribution in [0.4, 0.5) is 13.2 Å². The van der Waals surface area contributed by atoms with E-state index >= 15 is 0 Å². The first-order valence-electron chi connectivity index (χ1n) is 8.64. The van der Waals surface area contributed by atoms with Crippen LogP contribution in [0, 0.1) is 5.92 Å². The van der Waals surface area contributed by atoms with E-state index in [0.29, 0.717) is 31.3 Å². The average molecular weight is 366 g/mol. The maximum Gasteiger partial charge on any atom is 0.419 e. The van der Waals surface area contributed by atoms with E-state index in [1.54, 1.807) is 6.92 Å². The molecular weight excluding hydrogens is 337 g/mol. The van der Waals surface area contributed by atoms with Crippen molar-refractivity contribution in [1.82, 2.24) is 0 Å². The van der Waals surface area contributed by atoms with Gasteiger partial charge in [-0.25, -0.2) is 4.79 Å². The Labute approximate surface area is 147 Å². The zero-order valence-electron chi connectivity index (χ0n) is 15.6. The van der Waals surface area contributed by atoms with Crippen LogP contribution >= 0.6 is 0 Å². The molecule has 0 aromatic rings. The Morgan fingerprint density at radius 3 is 2.12 bits per heavy atom. The zero-order valence-corrected chi connectivity index (χ0v) is 15.6. The van der Waals surface area contributed by atoms with Gasteiger partial charge in [-0.05, 0) is 52.4 Å². The number of alkyl halides is 3. The second-order valence-corrected chi connectivity index (χ2v) is 7.15. The molecule has 0 saturated heterocycles. The summed E-state index contributed by atoms with van der Waals surface area (Å²) in [5.41, 5.74) is -3.41. The topological polar surface area (TPSA) is 55.8 Å². The second-order valence-electron chi connectivity index (χ2n) is 7.15. The summed E-state index contributed by atoms with van der Waals surface area (Å²) in [6.07, 6.45) is -4.39. The van der Waals surface area contributed by atoms with Gasteiger partial charge in [0.15, 0.2) is 5.60 Å². The molecule has 0 aromatic heterocycles. The van der Waals surface area contributed by atoms with Crippen molar-refractivity contribution in [3.05, 3.63) is 12.2 Å². The molecule has 7 heteroatoms. The molecule has 1 saturated carbocycles. The van der Waals surface area contributed by atoms with E-state index in [1.165, 1.54) is 6.92 Å². The van der Waals surface area contributed by atoms with Crippen LogP contribution in [0.5, 0.6) is 0 Å². The van der Waals surface area contributed by atoms with E-state index in [1.807, 2.05) is 13.8 Å². The number of hydrogen-bond acceptors (Lipinski definition) is 4. The lowest BCUT2D eigenvalue weighted by atomic mass is 9.68. The molecule has 0 radical (unpaired) electrons. The van der Waals surface area contributed by atoms with Crippen LogP contribution in [0.3, 0.4) is 0 Å². The van der Waals surface area contributed by atoms with Gasteiger partial charge in [0.1, 0.15) is 6.10 Å². The van der Waals surface area contributed by atoms with Crippen molar-refractivity contribution in [2.24, 2.45) is 5.92 Å². The predicted molar refractivity (Wildman–Crippen MR) is 88.0 cm³/mol. The highest BCUT2D eigenvalue weighted by Crippen LogP contribution is 2.46. The SMILES string of the molecule is C=C(C)C(=O)OC1CC(C(CC)(CC)OC(C)C(C)(O)C(F)(F)F)C1. The average Bonchev–Trinajstić information content (AvgIpc) is 2.46. The summed E-state index contributed by atoms with van der Waals surface area (Å²) in [6.45, 7) is 10.8. The third-order valence-electron chi connectivity index (χ3n) is 5.43. The van der Waals surface area contributed by atoms with E-state index in [2.05, 4.69) is 6.58 Å². The molecule has 2 unspecified atom stereocenters. The molecule has 1 N–H and O–H groups in total. The number of carbonyl (C=O) groups excluding carboxylic acids is 1. The highest BCUT2D eigenvalue weighted by atomic mass is 19.4. The standard InChI is InChI=1S/C18H29F3O4/c1-7-17(8-2,25-12(5)16(6,23)18(19,20)21)13-9-14(10-13)24-15(22)11(3)4/h12-14,23H,3,7-10H2,1-2,4-6H3. The molecule has 1 rings (SSSR count). The first-order chi connectivity index (χ1) is 11.3. The minimum absolute atomic E-state index is 0.0306. The molecule has 1 aliphatic rings. The van der Waals surface area contributed by atoms with Gasteiger partial charge < -0.3 is 14.6 Å². The Balaban J connectivity index is 2.79. The molecule has 25 heavy (non-hydrogen) atoms. The normalized spacial score (nSPS) is 24.8. The first-order valence-corrected chi connectivity index (χ1v) is 8.64. The molecule has 0 spiro atoms. The summed E-state index contributed by atoms with van der Waals surface area (Å²) >= 11 is 0. The van der Waals surface area contributed by atoms with Crippen LogP contribution in [0.1, 0.15) is 60.3 Å². The number of esters is 1. The fraction of sp³-hybridized carbons (Fsp3) is 0.833. The van der Waals surface area contributed by atoms with Gasteiger partial charge in [-0.2, -0.15) is 13.2 Å². The minimum atomic E-state index is -4.78. The molecule has 146 valence electrons. The summed E-state index contributed by atoms with van der Waals surface area (Å²) in [6, 6.07) is 0. The summed E-state index contributed by atoms with van der Waals surface area (Å²) in [5, 5.41) is 9.85. The molecule has 0 bridgehead atoms. The number of hydrogen-bond donors (Lipinski definition) is 1. The monoisotopic (exact) mass is 366 g/mol. The molecule has 1 aliphatic carbocycles. The van der Waals surface area contributed by atoms with Gasteiger partial charge in [-0.1, -0.05) is 20.4 Å². The Bertz CT molecular complexity index is 489. The van der Waals surface area contributed by atoms with E-state index in [-0.39, 0.29) is 12.0 Å². The van der Waals surface area contributed by atoms with Crippen molar-refractivity contribution in [2.45, 2.75) is 89.9 Å². The van der Waals surface area contributed by atoms with Crippen molar-refractivity contribution in [3.63, 3.8) is 0 Å². The quantitative estimate of drug-likeness (QED) is 0.518. The second kappa shape index (κ2) is 7.66. The maximum atomic E-state index is 13.0. The highest BCUT2D eigenvalue weighted by molar-refractivity contribution is 5.87. The third kappa shape index (κ3) is 4.56. The van der Waals surface area contributed by atoms with Crippen molar-refractivity contribution >= 4 is 5.97 Å². The number of ether oxygens (including phenoxy) is 2. The molecule has 0 heterocycles. The van der Waals surface area contributed by atoms with E-state index in [0.717, 1.165) is 6.92 Å². The lowest BCUT2D eigenvalue weighted by molar-refractivity contribution is -0.307. The molecule has 1 fully saturated rings. The fourth-order valence-electron chi connectivity index (χ4n) is 3.13. The first kappa shape index (κ1) is 22.0. The summed E-state index contributed by atoms with van der Waals surface area (Å²) in [4.78, 5) is 11.5. The molecule has 2 atom stereocenters. The van der Waals surface area contributed by atoms with Crippen LogP contribution in [0.15, 0.2) is 12.2 Å². The summed E-state index contributed by atoms with van der Waals surface area (Å²) in [5.74, 6) is -0.492. The van der Waals surface area contributed by atoms with Crippen LogP contribution in [-0.2, 0) is 14.3 Å². The van der Waals surface area contributed by atoms with E-state index in [4.69, 9.17) is 9.47 Å². The third-order valence-corrected chi connectivity index (χ3v) is 5.43. The smallest absolute Gasteiger partial charge is 0.419 e. The van der Waals surface area contributed by atoms with Crippen LogP contribution in [-0.4, -0.2) is 40.7 Å². The van der Waals surface area contributed by atoms with Crippen LogP contribution in [0.2, 0.25) is 0 Å². The van der Waals surface area contributed by atoms with Crippen molar-refractivity contribution in [3.8, 4) is 0 Å². The van der Waals surface area contributed by atoms with Gasteiger partial charge in [-0.15, -0.1) is 0 Å². The van der Waals surface area contributed by atoms with Gasteiger partial charge in [0.05, 0.1) is 11.7 Å². The van der Waals surface area contributed by atoms with Crippen molar-refractivity contribution < 1.29 is 32.5 Å². The number of halogens is 3. The van der Waals surface area contributed by atoms with Crippen LogP contribution in [0.25, 0.3) is 0 Å². The Morgan fingerprint density at radius 2 is 1.76 bits per heavy atom. The lowest BCUT2D eigenvalue weighted by Crippen LogP contribution is -2.58. The molecule has 0 aromatic carbocycles. The largest absolute Gasteiger partial charge is 0.459 e. The Kier molecular flexibility index (Phi) is 6.73. The Morgan fingerprint density at radius 1 is 1.28 bits per heavy atom.